The van der Waals surface area contributed by atoms with Gasteiger partial charge in [0, 0.05) is 6.07 Å². The van der Waals surface area contributed by atoms with Crippen LogP contribution in [0.4, 0.5) is 33.3 Å². The first-order valence-electron chi connectivity index (χ1n) is 7.39. The molecule has 2 aromatic rings. The van der Waals surface area contributed by atoms with Crippen LogP contribution in [0.25, 0.3) is 0 Å². The standard InChI is InChI=1S/C16H12F5N3O4/c1-27-14-6-9(2-5-13(14)28-15(17)18)8-22-23-11-4-3-10(16(19,20)21)7-12(11)24(25)26/h2-8,15,23H,1H3. The molecule has 0 heterocycles. The second kappa shape index (κ2) is 8.50. The number of nitro groups is 1. The molecule has 0 atom stereocenters. The van der Waals surface area contributed by atoms with E-state index in [0.717, 1.165) is 12.3 Å². The van der Waals surface area contributed by atoms with E-state index < -0.39 is 29.0 Å². The lowest BCUT2D eigenvalue weighted by Gasteiger charge is -2.10. The molecule has 0 aliphatic rings. The summed E-state index contributed by atoms with van der Waals surface area (Å²) in [5.41, 5.74) is 0.370. The van der Waals surface area contributed by atoms with Gasteiger partial charge in [0.25, 0.3) is 5.69 Å². The zero-order chi connectivity index (χ0) is 20.9. The number of nitrogens with one attached hydrogen (secondary N) is 1. The van der Waals surface area contributed by atoms with Crippen LogP contribution in [0.3, 0.4) is 0 Å². The van der Waals surface area contributed by atoms with Crippen LogP contribution in [0, 0.1) is 10.1 Å². The SMILES string of the molecule is COc1cc(C=NNc2ccc(C(F)(F)F)cc2[N+](=O)[O-])ccc1OC(F)F. The summed E-state index contributed by atoms with van der Waals surface area (Å²) in [4.78, 5) is 10.0. The molecule has 0 aliphatic carbocycles. The number of ether oxygens (including phenoxy) is 2. The van der Waals surface area contributed by atoms with Gasteiger partial charge >= 0.3 is 12.8 Å². The molecule has 2 aromatic carbocycles. The highest BCUT2D eigenvalue weighted by Gasteiger charge is 2.33. The van der Waals surface area contributed by atoms with E-state index >= 15 is 0 Å². The Morgan fingerprint density at radius 3 is 2.46 bits per heavy atom. The molecule has 0 aromatic heterocycles. The van der Waals surface area contributed by atoms with E-state index in [-0.39, 0.29) is 17.2 Å². The maximum atomic E-state index is 12.7. The fourth-order valence-corrected chi connectivity index (χ4v) is 2.09. The third-order valence-corrected chi connectivity index (χ3v) is 3.32. The first-order chi connectivity index (χ1) is 13.1. The van der Waals surface area contributed by atoms with E-state index in [1.54, 1.807) is 0 Å². The highest BCUT2D eigenvalue weighted by molar-refractivity contribution is 5.82. The Kier molecular flexibility index (Phi) is 6.33. The van der Waals surface area contributed by atoms with Crippen LogP contribution in [0.15, 0.2) is 41.5 Å². The number of benzene rings is 2. The summed E-state index contributed by atoms with van der Waals surface area (Å²) in [6.45, 7) is -3.05. The zero-order valence-corrected chi connectivity index (χ0v) is 14.0. The predicted octanol–water partition coefficient (Wildman–Crippen LogP) is 4.67. The maximum absolute atomic E-state index is 12.7. The Hall–Kier alpha value is -3.44. The predicted molar refractivity (Wildman–Crippen MR) is 88.9 cm³/mol. The normalized spacial score (nSPS) is 11.7. The summed E-state index contributed by atoms with van der Waals surface area (Å²) in [6, 6.07) is 5.80. The maximum Gasteiger partial charge on any atom is 0.416 e. The number of nitro benzene ring substituents is 1. The van der Waals surface area contributed by atoms with Gasteiger partial charge in [-0.1, -0.05) is 0 Å². The van der Waals surface area contributed by atoms with Gasteiger partial charge in [-0.05, 0) is 35.9 Å². The van der Waals surface area contributed by atoms with Crippen LogP contribution in [0.5, 0.6) is 11.5 Å². The fourth-order valence-electron chi connectivity index (χ4n) is 2.09. The molecule has 0 saturated heterocycles. The summed E-state index contributed by atoms with van der Waals surface area (Å²) in [5.74, 6) is -0.217. The van der Waals surface area contributed by atoms with Crippen molar-refractivity contribution in [2.75, 3.05) is 12.5 Å². The molecule has 0 fully saturated rings. The molecule has 150 valence electrons. The lowest BCUT2D eigenvalue weighted by Crippen LogP contribution is -2.06. The highest BCUT2D eigenvalue weighted by Crippen LogP contribution is 2.35. The number of methoxy groups -OCH3 is 1. The molecule has 28 heavy (non-hydrogen) atoms. The van der Waals surface area contributed by atoms with Crippen LogP contribution in [0.1, 0.15) is 11.1 Å². The minimum atomic E-state index is -4.73. The average molecular weight is 405 g/mol. The van der Waals surface area contributed by atoms with Gasteiger partial charge in [-0.15, -0.1) is 0 Å². The Labute approximate surface area is 154 Å². The molecule has 0 aliphatic heterocycles. The number of hydrogen-bond donors (Lipinski definition) is 1. The van der Waals surface area contributed by atoms with Crippen molar-refractivity contribution >= 4 is 17.6 Å². The molecular formula is C16H12F5N3O4. The minimum absolute atomic E-state index is 0.00948. The van der Waals surface area contributed by atoms with Crippen LogP contribution in [0.2, 0.25) is 0 Å². The summed E-state index contributed by atoms with van der Waals surface area (Å²) < 4.78 is 71.8. The molecule has 0 saturated carbocycles. The van der Waals surface area contributed by atoms with Crippen molar-refractivity contribution in [3.63, 3.8) is 0 Å². The van der Waals surface area contributed by atoms with Crippen molar-refractivity contribution in [3.05, 3.63) is 57.6 Å². The van der Waals surface area contributed by atoms with Crippen molar-refractivity contribution in [2.24, 2.45) is 5.10 Å². The van der Waals surface area contributed by atoms with E-state index in [9.17, 15) is 32.1 Å². The van der Waals surface area contributed by atoms with E-state index in [1.807, 2.05) is 0 Å². The molecule has 2 rings (SSSR count). The zero-order valence-electron chi connectivity index (χ0n) is 14.0. The van der Waals surface area contributed by atoms with Crippen LogP contribution >= 0.6 is 0 Å². The molecular weight excluding hydrogens is 393 g/mol. The van der Waals surface area contributed by atoms with Gasteiger partial charge in [0.15, 0.2) is 11.5 Å². The monoisotopic (exact) mass is 405 g/mol. The second-order valence-corrected chi connectivity index (χ2v) is 5.15. The third kappa shape index (κ3) is 5.28. The number of alkyl halides is 5. The molecule has 0 spiro atoms. The molecule has 12 heteroatoms. The first-order valence-corrected chi connectivity index (χ1v) is 7.39. The van der Waals surface area contributed by atoms with Crippen LogP contribution in [-0.2, 0) is 6.18 Å². The quantitative estimate of drug-likeness (QED) is 0.313. The van der Waals surface area contributed by atoms with Gasteiger partial charge in [0.1, 0.15) is 5.69 Å². The first kappa shape index (κ1) is 20.9. The number of hydrazone groups is 1. The highest BCUT2D eigenvalue weighted by atomic mass is 19.4. The van der Waals surface area contributed by atoms with Crippen molar-refractivity contribution in [1.29, 1.82) is 0 Å². The van der Waals surface area contributed by atoms with E-state index in [2.05, 4.69) is 15.3 Å². The summed E-state index contributed by atoms with van der Waals surface area (Å²) in [5, 5.41) is 14.7. The molecule has 0 radical (unpaired) electrons. The van der Waals surface area contributed by atoms with Crippen molar-refractivity contribution in [3.8, 4) is 11.5 Å². The molecule has 0 unspecified atom stereocenters. The number of anilines is 1. The summed E-state index contributed by atoms with van der Waals surface area (Å²) >= 11 is 0. The minimum Gasteiger partial charge on any atom is -0.493 e. The van der Waals surface area contributed by atoms with Crippen molar-refractivity contribution < 1.29 is 36.3 Å². The van der Waals surface area contributed by atoms with Gasteiger partial charge in [-0.25, -0.2) is 0 Å². The smallest absolute Gasteiger partial charge is 0.416 e. The van der Waals surface area contributed by atoms with E-state index in [1.165, 1.54) is 25.3 Å². The number of halogens is 5. The lowest BCUT2D eigenvalue weighted by molar-refractivity contribution is -0.384. The molecule has 0 bridgehead atoms. The topological polar surface area (TPSA) is 86.0 Å². The van der Waals surface area contributed by atoms with Gasteiger partial charge in [-0.3, -0.25) is 15.5 Å². The fraction of sp³-hybridized carbons (Fsp3) is 0.188. The molecule has 0 amide bonds. The van der Waals surface area contributed by atoms with Crippen LogP contribution in [-0.4, -0.2) is 24.9 Å². The van der Waals surface area contributed by atoms with Crippen LogP contribution < -0.4 is 14.9 Å². The number of hydrogen-bond acceptors (Lipinski definition) is 6. The van der Waals surface area contributed by atoms with E-state index in [4.69, 9.17) is 4.74 Å². The summed E-state index contributed by atoms with van der Waals surface area (Å²) in [7, 11) is 1.23. The molecule has 1 N–H and O–H groups in total. The Morgan fingerprint density at radius 2 is 1.89 bits per heavy atom. The van der Waals surface area contributed by atoms with Crippen molar-refractivity contribution in [2.45, 2.75) is 12.8 Å². The van der Waals surface area contributed by atoms with Crippen molar-refractivity contribution in [1.82, 2.24) is 0 Å². The van der Waals surface area contributed by atoms with E-state index in [0.29, 0.717) is 17.7 Å². The number of nitrogens with zero attached hydrogens (tertiary/aromatic N) is 2. The summed E-state index contributed by atoms with van der Waals surface area (Å²) in [6.07, 6.45) is -3.57. The van der Waals surface area contributed by atoms with Gasteiger partial charge in [-0.2, -0.15) is 27.1 Å². The van der Waals surface area contributed by atoms with Gasteiger partial charge in [0.2, 0.25) is 0 Å². The van der Waals surface area contributed by atoms with Gasteiger partial charge in [0.05, 0.1) is 23.8 Å². The Balaban J connectivity index is 2.21. The second-order valence-electron chi connectivity index (χ2n) is 5.15. The average Bonchev–Trinajstić information content (AvgIpc) is 2.61. The largest absolute Gasteiger partial charge is 0.493 e. The Bertz CT molecular complexity index is 887. The lowest BCUT2D eigenvalue weighted by atomic mass is 10.1. The molecule has 7 nitrogen and oxygen atoms in total. The van der Waals surface area contributed by atoms with Gasteiger partial charge < -0.3 is 9.47 Å². The number of rotatable bonds is 7. The Morgan fingerprint density at radius 1 is 1.18 bits per heavy atom. The third-order valence-electron chi connectivity index (χ3n) is 3.32.